The van der Waals surface area contributed by atoms with E-state index in [4.69, 9.17) is 9.31 Å². The molecule has 0 bridgehead atoms. The van der Waals surface area contributed by atoms with Gasteiger partial charge in [-0.2, -0.15) is 0 Å². The van der Waals surface area contributed by atoms with Crippen molar-refractivity contribution in [2.24, 2.45) is 0 Å². The second-order valence-electron chi connectivity index (χ2n) is 9.27. The zero-order valence-corrected chi connectivity index (χ0v) is 18.7. The minimum Gasteiger partial charge on any atom is -0.465 e. The van der Waals surface area contributed by atoms with Gasteiger partial charge in [0.1, 0.15) is 0 Å². The van der Waals surface area contributed by atoms with Gasteiger partial charge in [0.15, 0.2) is 0 Å². The molecular weight excluding hydrogens is 361 g/mol. The van der Waals surface area contributed by atoms with E-state index < -0.39 is 30.0 Å². The number of thioether (sulfide) groups is 1. The summed E-state index contributed by atoms with van der Waals surface area (Å²) in [5, 5.41) is 10.1. The first-order valence-electron chi connectivity index (χ1n) is 9.35. The maximum atomic E-state index is 11.9. The Morgan fingerprint density at radius 3 is 2.07 bits per heavy atom. The van der Waals surface area contributed by atoms with Gasteiger partial charge in [0, 0.05) is 21.4 Å². The predicted octanol–water partition coefficient (Wildman–Crippen LogP) is 4.77. The van der Waals surface area contributed by atoms with Crippen LogP contribution in [-0.4, -0.2) is 40.3 Å². The Labute approximate surface area is 167 Å². The summed E-state index contributed by atoms with van der Waals surface area (Å²) in [7, 11) is -0.474. The average molecular weight is 393 g/mol. The van der Waals surface area contributed by atoms with Gasteiger partial charge in [-0.3, -0.25) is 4.90 Å². The van der Waals surface area contributed by atoms with E-state index >= 15 is 0 Å². The van der Waals surface area contributed by atoms with E-state index in [0.29, 0.717) is 10.9 Å². The Bertz CT molecular complexity index is 696. The fourth-order valence-corrected chi connectivity index (χ4v) is 3.96. The quantitative estimate of drug-likeness (QED) is 0.590. The lowest BCUT2D eigenvalue weighted by Gasteiger charge is -2.33. The molecule has 150 valence electrons. The fraction of sp³-hybridized carbons (Fsp3) is 0.650. The van der Waals surface area contributed by atoms with Crippen molar-refractivity contribution in [2.75, 3.05) is 4.90 Å². The number of hydrogen-bond donors (Lipinski definition) is 1. The molecule has 2 rings (SSSR count). The van der Waals surface area contributed by atoms with Crippen LogP contribution in [0, 0.1) is 0 Å². The van der Waals surface area contributed by atoms with Crippen molar-refractivity contribution in [1.82, 2.24) is 0 Å². The normalized spacial score (nSPS) is 18.8. The summed E-state index contributed by atoms with van der Waals surface area (Å²) in [4.78, 5) is 14.2. The highest BCUT2D eigenvalue weighted by Crippen LogP contribution is 2.38. The fourth-order valence-electron chi connectivity index (χ4n) is 2.97. The zero-order chi connectivity index (χ0) is 20.8. The molecule has 0 radical (unpaired) electrons. The molecule has 0 atom stereocenters. The van der Waals surface area contributed by atoms with Crippen LogP contribution in [0.3, 0.4) is 0 Å². The monoisotopic (exact) mass is 393 g/mol. The molecule has 27 heavy (non-hydrogen) atoms. The van der Waals surface area contributed by atoms with Crippen molar-refractivity contribution in [2.45, 2.75) is 89.2 Å². The van der Waals surface area contributed by atoms with Gasteiger partial charge in [-0.05, 0) is 66.1 Å². The molecule has 7 heteroatoms. The van der Waals surface area contributed by atoms with Gasteiger partial charge in [-0.15, -0.1) is 11.8 Å². The maximum absolute atomic E-state index is 11.9. The van der Waals surface area contributed by atoms with Crippen molar-refractivity contribution in [3.8, 4) is 0 Å². The van der Waals surface area contributed by atoms with Gasteiger partial charge in [-0.25, -0.2) is 4.79 Å². The lowest BCUT2D eigenvalue weighted by molar-refractivity contribution is 0.00578. The van der Waals surface area contributed by atoms with Crippen molar-refractivity contribution < 1.29 is 19.2 Å². The summed E-state index contributed by atoms with van der Waals surface area (Å²) in [6.45, 7) is 18.0. The summed E-state index contributed by atoms with van der Waals surface area (Å²) in [6, 6.07) is 5.71. The molecule has 1 amide bonds. The van der Waals surface area contributed by atoms with E-state index in [1.807, 2.05) is 66.7 Å². The summed E-state index contributed by atoms with van der Waals surface area (Å²) in [5.74, 6) is 0. The van der Waals surface area contributed by atoms with Crippen LogP contribution in [0.5, 0.6) is 0 Å². The molecule has 0 unspecified atom stereocenters. The molecule has 1 N–H and O–H groups in total. The summed E-state index contributed by atoms with van der Waals surface area (Å²) in [6.07, 6.45) is -0.966. The number of benzene rings is 1. The molecule has 0 spiro atoms. The molecule has 0 aliphatic carbocycles. The molecule has 0 saturated carbocycles. The smallest absolute Gasteiger partial charge is 0.465 e. The Morgan fingerprint density at radius 1 is 1.15 bits per heavy atom. The minimum absolute atomic E-state index is 0.342. The van der Waals surface area contributed by atoms with Gasteiger partial charge in [-0.1, -0.05) is 19.9 Å². The lowest BCUT2D eigenvalue weighted by atomic mass is 9.79. The molecule has 1 aromatic rings. The first-order valence-corrected chi connectivity index (χ1v) is 10.2. The summed E-state index contributed by atoms with van der Waals surface area (Å²) < 4.78 is 12.4. The van der Waals surface area contributed by atoms with Gasteiger partial charge < -0.3 is 14.4 Å². The SMILES string of the molecule is CC(C)Sc1cc(N(C(=O)O)C(C)(C)C)ccc1B1OC(C)(C)C(C)(C)O1. The Kier molecular flexibility index (Phi) is 6.01. The van der Waals surface area contributed by atoms with Crippen molar-refractivity contribution in [3.05, 3.63) is 18.2 Å². The number of amides is 1. The highest BCUT2D eigenvalue weighted by Gasteiger charge is 2.52. The minimum atomic E-state index is -0.966. The van der Waals surface area contributed by atoms with E-state index in [-0.39, 0.29) is 0 Å². The highest BCUT2D eigenvalue weighted by atomic mass is 32.2. The number of carbonyl (C=O) groups is 1. The summed E-state index contributed by atoms with van der Waals surface area (Å²) in [5.41, 5.74) is 0.203. The second kappa shape index (κ2) is 7.34. The molecule has 5 nitrogen and oxygen atoms in total. The van der Waals surface area contributed by atoms with Crippen LogP contribution in [-0.2, 0) is 9.31 Å². The molecule has 1 aliphatic rings. The van der Waals surface area contributed by atoms with Crippen LogP contribution in [0.15, 0.2) is 23.1 Å². The Balaban J connectivity index is 2.50. The largest absolute Gasteiger partial charge is 0.495 e. The van der Waals surface area contributed by atoms with Crippen LogP contribution in [0.25, 0.3) is 0 Å². The van der Waals surface area contributed by atoms with Crippen LogP contribution in [0.2, 0.25) is 0 Å². The molecular formula is C20H32BNO4S. The summed E-state index contributed by atoms with van der Waals surface area (Å²) >= 11 is 1.69. The topological polar surface area (TPSA) is 59.0 Å². The third kappa shape index (κ3) is 4.63. The van der Waals surface area contributed by atoms with Crippen molar-refractivity contribution in [3.63, 3.8) is 0 Å². The Morgan fingerprint density at radius 2 is 1.67 bits per heavy atom. The standard InChI is InChI=1S/C20H32BNO4S/c1-13(2)27-16-12-14(22(17(23)24)18(3,4)5)10-11-15(16)21-25-19(6,7)20(8,9)26-21/h10-13H,1-9H3,(H,23,24). The first kappa shape index (κ1) is 22.1. The van der Waals surface area contributed by atoms with Gasteiger partial charge in [0.05, 0.1) is 11.2 Å². The lowest BCUT2D eigenvalue weighted by Crippen LogP contribution is -2.45. The first-order chi connectivity index (χ1) is 12.2. The van der Waals surface area contributed by atoms with Gasteiger partial charge in [0.25, 0.3) is 0 Å². The number of anilines is 1. The highest BCUT2D eigenvalue weighted by molar-refractivity contribution is 8.00. The van der Waals surface area contributed by atoms with E-state index in [1.54, 1.807) is 11.8 Å². The van der Waals surface area contributed by atoms with Crippen LogP contribution in [0.4, 0.5) is 10.5 Å². The van der Waals surface area contributed by atoms with E-state index in [2.05, 4.69) is 13.8 Å². The molecule has 1 aliphatic heterocycles. The number of carboxylic acid groups (broad SMARTS) is 1. The van der Waals surface area contributed by atoms with Crippen LogP contribution in [0.1, 0.15) is 62.3 Å². The van der Waals surface area contributed by atoms with Crippen molar-refractivity contribution >= 4 is 36.1 Å². The predicted molar refractivity (Wildman–Crippen MR) is 113 cm³/mol. The molecule has 0 aromatic heterocycles. The van der Waals surface area contributed by atoms with E-state index in [1.165, 1.54) is 4.90 Å². The third-order valence-electron chi connectivity index (χ3n) is 4.99. The number of nitrogens with zero attached hydrogens (tertiary/aromatic N) is 1. The molecule has 1 heterocycles. The van der Waals surface area contributed by atoms with Gasteiger partial charge >= 0.3 is 13.2 Å². The van der Waals surface area contributed by atoms with Gasteiger partial charge in [0.2, 0.25) is 0 Å². The average Bonchev–Trinajstić information content (AvgIpc) is 2.64. The molecule has 1 fully saturated rings. The number of hydrogen-bond acceptors (Lipinski definition) is 4. The molecule has 1 saturated heterocycles. The Hall–Kier alpha value is -1.18. The van der Waals surface area contributed by atoms with Crippen molar-refractivity contribution in [1.29, 1.82) is 0 Å². The molecule has 1 aromatic carbocycles. The third-order valence-corrected chi connectivity index (χ3v) is 6.07. The van der Waals surface area contributed by atoms with Crippen LogP contribution >= 0.6 is 11.8 Å². The second-order valence-corrected chi connectivity index (χ2v) is 10.9. The van der Waals surface area contributed by atoms with E-state index in [9.17, 15) is 9.90 Å². The zero-order valence-electron chi connectivity index (χ0n) is 17.9. The van der Waals surface area contributed by atoms with E-state index in [0.717, 1.165) is 10.4 Å². The number of rotatable bonds is 4. The maximum Gasteiger partial charge on any atom is 0.495 e. The van der Waals surface area contributed by atoms with Crippen LogP contribution < -0.4 is 10.4 Å².